The van der Waals surface area contributed by atoms with Crippen molar-refractivity contribution >= 4 is 21.6 Å². The molecule has 2 rings (SSSR count). The average Bonchev–Trinajstić information content (AvgIpc) is 2.76. The predicted molar refractivity (Wildman–Crippen MR) is 119 cm³/mol. The van der Waals surface area contributed by atoms with Gasteiger partial charge >= 0.3 is 0 Å². The number of nitrogens with one attached hydrogen (secondary N) is 1. The van der Waals surface area contributed by atoms with Gasteiger partial charge in [-0.2, -0.15) is 4.31 Å². The van der Waals surface area contributed by atoms with Gasteiger partial charge in [-0.05, 0) is 56.3 Å². The zero-order valence-electron chi connectivity index (χ0n) is 18.5. The summed E-state index contributed by atoms with van der Waals surface area (Å²) in [5.74, 6) is 1.03. The molecule has 0 saturated heterocycles. The maximum Gasteiger partial charge on any atom is 0.265 e. The van der Waals surface area contributed by atoms with Crippen LogP contribution in [-0.2, 0) is 14.8 Å². The summed E-state index contributed by atoms with van der Waals surface area (Å²) in [4.78, 5) is 12.6. The van der Waals surface area contributed by atoms with Crippen molar-refractivity contribution in [1.29, 1.82) is 0 Å². The Labute approximate surface area is 184 Å². The Balaban J connectivity index is 2.22. The topological polar surface area (TPSA) is 94.2 Å². The van der Waals surface area contributed by atoms with E-state index < -0.39 is 22.0 Å². The van der Waals surface area contributed by atoms with Crippen LogP contribution in [0.1, 0.15) is 27.7 Å². The quantitative estimate of drug-likeness (QED) is 0.563. The van der Waals surface area contributed by atoms with Crippen LogP contribution in [0.2, 0.25) is 0 Å². The summed E-state index contributed by atoms with van der Waals surface area (Å²) in [6.07, 6.45) is -0.803. The molecular weight excluding hydrogens is 420 g/mol. The highest BCUT2D eigenvalue weighted by Gasteiger charge is 2.27. The smallest absolute Gasteiger partial charge is 0.265 e. The van der Waals surface area contributed by atoms with E-state index in [2.05, 4.69) is 5.32 Å². The number of carbonyl (C=O) groups is 1. The molecule has 1 unspecified atom stereocenters. The first-order valence-electron chi connectivity index (χ1n) is 10.1. The summed E-state index contributed by atoms with van der Waals surface area (Å²) in [6.45, 7) is 7.90. The van der Waals surface area contributed by atoms with Gasteiger partial charge in [0.15, 0.2) is 6.10 Å². The summed E-state index contributed by atoms with van der Waals surface area (Å²) >= 11 is 0. The van der Waals surface area contributed by atoms with E-state index in [-0.39, 0.29) is 10.6 Å². The third kappa shape index (κ3) is 6.11. The molecule has 1 atom stereocenters. The van der Waals surface area contributed by atoms with Gasteiger partial charge in [-0.25, -0.2) is 8.42 Å². The zero-order chi connectivity index (χ0) is 23.0. The second kappa shape index (κ2) is 11.0. The van der Waals surface area contributed by atoms with Gasteiger partial charge in [-0.1, -0.05) is 13.8 Å². The van der Waals surface area contributed by atoms with Crippen LogP contribution in [0.25, 0.3) is 0 Å². The van der Waals surface area contributed by atoms with Crippen molar-refractivity contribution in [2.75, 3.05) is 32.1 Å². The number of hydrogen-bond donors (Lipinski definition) is 1. The summed E-state index contributed by atoms with van der Waals surface area (Å²) < 4.78 is 43.7. The number of carbonyl (C=O) groups excluding carboxylic acids is 1. The van der Waals surface area contributed by atoms with E-state index in [0.29, 0.717) is 36.9 Å². The average molecular weight is 451 g/mol. The molecule has 0 radical (unpaired) electrons. The van der Waals surface area contributed by atoms with Gasteiger partial charge in [0.1, 0.15) is 22.1 Å². The van der Waals surface area contributed by atoms with Gasteiger partial charge in [-0.15, -0.1) is 0 Å². The van der Waals surface area contributed by atoms with Crippen molar-refractivity contribution in [2.45, 2.75) is 38.7 Å². The normalized spacial score (nSPS) is 12.3. The van der Waals surface area contributed by atoms with Crippen molar-refractivity contribution in [1.82, 2.24) is 4.31 Å². The molecule has 2 aromatic carbocycles. The fourth-order valence-electron chi connectivity index (χ4n) is 2.92. The lowest BCUT2D eigenvalue weighted by Crippen LogP contribution is -2.32. The Morgan fingerprint density at radius 3 is 2.19 bits per heavy atom. The molecule has 9 heteroatoms. The number of ether oxygens (including phenoxy) is 3. The van der Waals surface area contributed by atoms with Crippen LogP contribution >= 0.6 is 0 Å². The Morgan fingerprint density at radius 2 is 1.65 bits per heavy atom. The van der Waals surface area contributed by atoms with Gasteiger partial charge in [0, 0.05) is 18.8 Å². The van der Waals surface area contributed by atoms with Crippen LogP contribution in [0.15, 0.2) is 47.4 Å². The molecule has 1 amide bonds. The van der Waals surface area contributed by atoms with Crippen molar-refractivity contribution < 1.29 is 27.4 Å². The molecule has 2 aromatic rings. The monoisotopic (exact) mass is 450 g/mol. The molecule has 0 aliphatic heterocycles. The van der Waals surface area contributed by atoms with E-state index >= 15 is 0 Å². The van der Waals surface area contributed by atoms with Crippen LogP contribution < -0.4 is 19.5 Å². The second-order valence-corrected chi connectivity index (χ2v) is 8.52. The van der Waals surface area contributed by atoms with Gasteiger partial charge in [0.05, 0.1) is 13.7 Å². The number of methoxy groups -OCH3 is 1. The van der Waals surface area contributed by atoms with Crippen LogP contribution in [0.3, 0.4) is 0 Å². The third-order valence-corrected chi connectivity index (χ3v) is 6.65. The molecule has 0 aromatic heterocycles. The molecule has 8 nitrogen and oxygen atoms in total. The Morgan fingerprint density at radius 1 is 1.03 bits per heavy atom. The fraction of sp³-hybridized carbons (Fsp3) is 0.409. The molecule has 170 valence electrons. The summed E-state index contributed by atoms with van der Waals surface area (Å²) in [6, 6.07) is 11.4. The number of hydrogen-bond acceptors (Lipinski definition) is 6. The summed E-state index contributed by atoms with van der Waals surface area (Å²) in [7, 11) is -2.21. The number of rotatable bonds is 11. The van der Waals surface area contributed by atoms with E-state index in [4.69, 9.17) is 14.2 Å². The number of amides is 1. The van der Waals surface area contributed by atoms with Gasteiger partial charge in [-0.3, -0.25) is 4.79 Å². The first-order valence-corrected chi connectivity index (χ1v) is 11.6. The van der Waals surface area contributed by atoms with E-state index in [1.54, 1.807) is 71.2 Å². The van der Waals surface area contributed by atoms with Crippen LogP contribution in [0.5, 0.6) is 17.2 Å². The molecule has 0 fully saturated rings. The van der Waals surface area contributed by atoms with Crippen LogP contribution in [-0.4, -0.2) is 51.5 Å². The lowest BCUT2D eigenvalue weighted by molar-refractivity contribution is -0.122. The lowest BCUT2D eigenvalue weighted by Gasteiger charge is -2.21. The van der Waals surface area contributed by atoms with Gasteiger partial charge in [0.25, 0.3) is 5.91 Å². The van der Waals surface area contributed by atoms with E-state index in [0.717, 1.165) is 0 Å². The number of nitrogens with zero attached hydrogens (tertiary/aromatic N) is 1. The molecule has 1 N–H and O–H groups in total. The number of sulfonamides is 1. The molecule has 31 heavy (non-hydrogen) atoms. The third-order valence-electron chi connectivity index (χ3n) is 4.58. The highest BCUT2D eigenvalue weighted by atomic mass is 32.2. The fourth-order valence-corrected chi connectivity index (χ4v) is 4.54. The van der Waals surface area contributed by atoms with Crippen molar-refractivity contribution in [3.05, 3.63) is 42.5 Å². The molecular formula is C22H30N2O6S. The molecule has 0 saturated carbocycles. The van der Waals surface area contributed by atoms with Crippen molar-refractivity contribution in [3.63, 3.8) is 0 Å². The van der Waals surface area contributed by atoms with Gasteiger partial charge in [0.2, 0.25) is 10.0 Å². The Bertz CT molecular complexity index is 972. The Kier molecular flexibility index (Phi) is 8.70. The number of anilines is 1. The second-order valence-electron chi connectivity index (χ2n) is 6.61. The minimum absolute atomic E-state index is 0.0135. The summed E-state index contributed by atoms with van der Waals surface area (Å²) in [5.41, 5.74) is 0.337. The standard InChI is InChI=1S/C22H30N2O6S/c1-6-24(7-2)31(26,27)21-15-17(9-14-20(21)29-8-3)23-22(25)16(4)30-19-12-10-18(28-5)11-13-19/h9-16H,6-8H2,1-5H3,(H,23,25). The first-order chi connectivity index (χ1) is 14.8. The lowest BCUT2D eigenvalue weighted by atomic mass is 10.2. The SMILES string of the molecule is CCOc1ccc(NC(=O)C(C)Oc2ccc(OC)cc2)cc1S(=O)(=O)N(CC)CC. The highest BCUT2D eigenvalue weighted by Crippen LogP contribution is 2.30. The van der Waals surface area contributed by atoms with Crippen LogP contribution in [0, 0.1) is 0 Å². The van der Waals surface area contributed by atoms with E-state index in [1.165, 1.54) is 10.4 Å². The molecule has 0 aliphatic rings. The highest BCUT2D eigenvalue weighted by molar-refractivity contribution is 7.89. The van der Waals surface area contributed by atoms with Gasteiger partial charge < -0.3 is 19.5 Å². The predicted octanol–water partition coefficient (Wildman–Crippen LogP) is 3.53. The minimum Gasteiger partial charge on any atom is -0.497 e. The summed E-state index contributed by atoms with van der Waals surface area (Å²) in [5, 5.41) is 2.71. The zero-order valence-corrected chi connectivity index (χ0v) is 19.4. The number of benzene rings is 2. The van der Waals surface area contributed by atoms with Crippen molar-refractivity contribution in [2.24, 2.45) is 0 Å². The maximum absolute atomic E-state index is 13.1. The van der Waals surface area contributed by atoms with E-state index in [9.17, 15) is 13.2 Å². The Hall–Kier alpha value is -2.78. The minimum atomic E-state index is -3.77. The largest absolute Gasteiger partial charge is 0.497 e. The molecule has 0 aliphatic carbocycles. The maximum atomic E-state index is 13.1. The van der Waals surface area contributed by atoms with Crippen molar-refractivity contribution in [3.8, 4) is 17.2 Å². The molecule has 0 spiro atoms. The van der Waals surface area contributed by atoms with Crippen LogP contribution in [0.4, 0.5) is 5.69 Å². The molecule has 0 bridgehead atoms. The first kappa shape index (κ1) is 24.5. The molecule has 0 heterocycles. The van der Waals surface area contributed by atoms with E-state index in [1.807, 2.05) is 0 Å².